The lowest BCUT2D eigenvalue weighted by Crippen LogP contribution is -2.42. The van der Waals surface area contributed by atoms with Gasteiger partial charge in [0.25, 0.3) is 0 Å². The second-order valence-electron chi connectivity index (χ2n) is 5.09. The average Bonchev–Trinajstić information content (AvgIpc) is 2.52. The third kappa shape index (κ3) is 3.59. The molecule has 2 rings (SSSR count). The number of nitrogens with one attached hydrogen (secondary N) is 2. The van der Waals surface area contributed by atoms with Crippen LogP contribution in [0.15, 0.2) is 12.4 Å². The van der Waals surface area contributed by atoms with Crippen molar-refractivity contribution in [2.75, 3.05) is 36.9 Å². The molecule has 1 aliphatic rings. The quantitative estimate of drug-likeness (QED) is 0.848. The highest BCUT2D eigenvalue weighted by atomic mass is 16.1. The Labute approximate surface area is 120 Å². The Morgan fingerprint density at radius 2 is 2.35 bits per heavy atom. The number of carbonyl (C=O) groups excluding carboxylic acids is 1. The first-order valence-corrected chi connectivity index (χ1v) is 7.27. The van der Waals surface area contributed by atoms with Crippen LogP contribution in [-0.4, -0.2) is 42.6 Å². The van der Waals surface area contributed by atoms with Crippen LogP contribution >= 0.6 is 0 Å². The van der Waals surface area contributed by atoms with Crippen molar-refractivity contribution in [1.29, 1.82) is 0 Å². The molecule has 1 unspecified atom stereocenters. The molecule has 1 saturated heterocycles. The fourth-order valence-electron chi connectivity index (χ4n) is 2.45. The van der Waals surface area contributed by atoms with E-state index in [0.717, 1.165) is 44.0 Å². The van der Waals surface area contributed by atoms with Gasteiger partial charge < -0.3 is 15.5 Å². The van der Waals surface area contributed by atoms with Gasteiger partial charge in [0, 0.05) is 26.7 Å². The highest BCUT2D eigenvalue weighted by molar-refractivity contribution is 5.79. The number of nitrogens with zero attached hydrogens (tertiary/aromatic N) is 3. The Morgan fingerprint density at radius 3 is 3.10 bits per heavy atom. The predicted molar refractivity (Wildman–Crippen MR) is 79.8 cm³/mol. The van der Waals surface area contributed by atoms with Crippen LogP contribution in [0.25, 0.3) is 0 Å². The number of amides is 1. The largest absolute Gasteiger partial charge is 0.369 e. The standard InChI is InChI=1S/C14H23N5O/c1-3-6-17-12-8-16-9-13(18-12)19-7-4-5-11(10-19)14(20)15-2/h8-9,11H,3-7,10H2,1-2H3,(H,15,20)(H,17,18). The second kappa shape index (κ2) is 7.07. The van der Waals surface area contributed by atoms with Crippen molar-refractivity contribution in [1.82, 2.24) is 15.3 Å². The fourth-order valence-corrected chi connectivity index (χ4v) is 2.45. The predicted octanol–water partition coefficient (Wildman–Crippen LogP) is 1.26. The Kier molecular flexibility index (Phi) is 5.15. The molecule has 20 heavy (non-hydrogen) atoms. The summed E-state index contributed by atoms with van der Waals surface area (Å²) >= 11 is 0. The third-order valence-corrected chi connectivity index (χ3v) is 3.54. The summed E-state index contributed by atoms with van der Waals surface area (Å²) in [5.74, 6) is 1.80. The van der Waals surface area contributed by atoms with E-state index in [-0.39, 0.29) is 11.8 Å². The molecule has 1 atom stereocenters. The van der Waals surface area contributed by atoms with Crippen LogP contribution in [0.3, 0.4) is 0 Å². The first-order chi connectivity index (χ1) is 9.74. The molecule has 2 heterocycles. The van der Waals surface area contributed by atoms with Crippen LogP contribution in [0.1, 0.15) is 26.2 Å². The van der Waals surface area contributed by atoms with Crippen LogP contribution in [-0.2, 0) is 4.79 Å². The van der Waals surface area contributed by atoms with Crippen molar-refractivity contribution in [2.45, 2.75) is 26.2 Å². The maximum atomic E-state index is 11.8. The van der Waals surface area contributed by atoms with Crippen LogP contribution in [0.2, 0.25) is 0 Å². The van der Waals surface area contributed by atoms with Crippen LogP contribution in [0.5, 0.6) is 0 Å². The number of hydrogen-bond donors (Lipinski definition) is 2. The number of aromatic nitrogens is 2. The Morgan fingerprint density at radius 1 is 1.50 bits per heavy atom. The summed E-state index contributed by atoms with van der Waals surface area (Å²) in [6, 6.07) is 0. The van der Waals surface area contributed by atoms with Crippen LogP contribution in [0, 0.1) is 5.92 Å². The Hall–Kier alpha value is -1.85. The number of hydrogen-bond acceptors (Lipinski definition) is 5. The van der Waals surface area contributed by atoms with Gasteiger partial charge in [-0.25, -0.2) is 4.98 Å². The highest BCUT2D eigenvalue weighted by Gasteiger charge is 2.25. The first-order valence-electron chi connectivity index (χ1n) is 7.27. The monoisotopic (exact) mass is 277 g/mol. The molecule has 1 amide bonds. The van der Waals surface area contributed by atoms with Gasteiger partial charge in [-0.3, -0.25) is 9.78 Å². The van der Waals surface area contributed by atoms with Crippen molar-refractivity contribution in [3.63, 3.8) is 0 Å². The number of carbonyl (C=O) groups is 1. The normalized spacial score (nSPS) is 18.7. The van der Waals surface area contributed by atoms with E-state index in [1.165, 1.54) is 0 Å². The van der Waals surface area contributed by atoms with E-state index in [2.05, 4.69) is 32.4 Å². The maximum absolute atomic E-state index is 11.8. The van der Waals surface area contributed by atoms with E-state index in [1.807, 2.05) is 0 Å². The lowest BCUT2D eigenvalue weighted by molar-refractivity contribution is -0.124. The summed E-state index contributed by atoms with van der Waals surface area (Å²) in [6.45, 7) is 4.65. The molecule has 110 valence electrons. The molecular formula is C14H23N5O. The molecule has 6 nitrogen and oxygen atoms in total. The van der Waals surface area contributed by atoms with E-state index in [0.29, 0.717) is 6.54 Å². The van der Waals surface area contributed by atoms with Gasteiger partial charge in [-0.05, 0) is 19.3 Å². The SMILES string of the molecule is CCCNc1cncc(N2CCCC(C(=O)NC)C2)n1. The lowest BCUT2D eigenvalue weighted by Gasteiger charge is -2.32. The molecule has 0 aliphatic carbocycles. The van der Waals surface area contributed by atoms with E-state index < -0.39 is 0 Å². The molecule has 1 fully saturated rings. The number of anilines is 2. The second-order valence-corrected chi connectivity index (χ2v) is 5.09. The van der Waals surface area contributed by atoms with Gasteiger partial charge >= 0.3 is 0 Å². The van der Waals surface area contributed by atoms with Gasteiger partial charge in [0.15, 0.2) is 0 Å². The minimum Gasteiger partial charge on any atom is -0.369 e. The van der Waals surface area contributed by atoms with Gasteiger partial charge in [0.05, 0.1) is 18.3 Å². The highest BCUT2D eigenvalue weighted by Crippen LogP contribution is 2.22. The van der Waals surface area contributed by atoms with E-state index in [1.54, 1.807) is 19.4 Å². The van der Waals surface area contributed by atoms with Crippen molar-refractivity contribution >= 4 is 17.5 Å². The van der Waals surface area contributed by atoms with Crippen molar-refractivity contribution in [3.8, 4) is 0 Å². The summed E-state index contributed by atoms with van der Waals surface area (Å²) < 4.78 is 0. The molecule has 2 N–H and O–H groups in total. The average molecular weight is 277 g/mol. The molecule has 0 spiro atoms. The van der Waals surface area contributed by atoms with E-state index >= 15 is 0 Å². The maximum Gasteiger partial charge on any atom is 0.224 e. The van der Waals surface area contributed by atoms with Gasteiger partial charge in [-0.2, -0.15) is 0 Å². The summed E-state index contributed by atoms with van der Waals surface area (Å²) in [7, 11) is 1.69. The fraction of sp³-hybridized carbons (Fsp3) is 0.643. The third-order valence-electron chi connectivity index (χ3n) is 3.54. The topological polar surface area (TPSA) is 70.2 Å². The van der Waals surface area contributed by atoms with E-state index in [4.69, 9.17) is 0 Å². The molecule has 0 radical (unpaired) electrons. The number of rotatable bonds is 5. The first kappa shape index (κ1) is 14.6. The molecule has 0 aromatic carbocycles. The molecule has 1 aromatic rings. The lowest BCUT2D eigenvalue weighted by atomic mass is 9.97. The van der Waals surface area contributed by atoms with Crippen LogP contribution < -0.4 is 15.5 Å². The van der Waals surface area contributed by atoms with E-state index in [9.17, 15) is 4.79 Å². The molecule has 1 aliphatic heterocycles. The minimum absolute atomic E-state index is 0.0443. The number of piperidine rings is 1. The van der Waals surface area contributed by atoms with Gasteiger partial charge in [0.1, 0.15) is 11.6 Å². The molecule has 0 saturated carbocycles. The Balaban J connectivity index is 2.04. The summed E-state index contributed by atoms with van der Waals surface area (Å²) in [4.78, 5) is 22.7. The van der Waals surface area contributed by atoms with Crippen LogP contribution in [0.4, 0.5) is 11.6 Å². The van der Waals surface area contributed by atoms with Crippen molar-refractivity contribution in [2.24, 2.45) is 5.92 Å². The van der Waals surface area contributed by atoms with Crippen molar-refractivity contribution in [3.05, 3.63) is 12.4 Å². The van der Waals surface area contributed by atoms with Gasteiger partial charge in [-0.1, -0.05) is 6.92 Å². The summed E-state index contributed by atoms with van der Waals surface area (Å²) in [5, 5.41) is 5.97. The smallest absolute Gasteiger partial charge is 0.224 e. The zero-order valence-corrected chi connectivity index (χ0v) is 12.2. The summed E-state index contributed by atoms with van der Waals surface area (Å²) in [6.07, 6.45) is 6.50. The zero-order valence-electron chi connectivity index (χ0n) is 12.2. The van der Waals surface area contributed by atoms with Crippen molar-refractivity contribution < 1.29 is 4.79 Å². The zero-order chi connectivity index (χ0) is 14.4. The Bertz CT molecular complexity index is 451. The van der Waals surface area contributed by atoms with Gasteiger partial charge in [-0.15, -0.1) is 0 Å². The molecular weight excluding hydrogens is 254 g/mol. The minimum atomic E-state index is 0.0443. The molecule has 0 bridgehead atoms. The molecule has 6 heteroatoms. The van der Waals surface area contributed by atoms with Gasteiger partial charge in [0.2, 0.25) is 5.91 Å². The molecule has 1 aromatic heterocycles. The summed E-state index contributed by atoms with van der Waals surface area (Å²) in [5.41, 5.74) is 0.